The maximum absolute atomic E-state index is 8.90. The quantitative estimate of drug-likeness (QED) is 0.879. The van der Waals surface area contributed by atoms with Crippen molar-refractivity contribution in [2.45, 2.75) is 38.0 Å². The van der Waals surface area contributed by atoms with Gasteiger partial charge in [0.15, 0.2) is 6.29 Å². The van der Waals surface area contributed by atoms with Crippen LogP contribution < -0.4 is 15.2 Å². The SMILES string of the molecule is C[C@@](N)(C#N)COc1cccc(O[C@@H]2CCCCO2)c1Br. The Morgan fingerprint density at radius 2 is 2.24 bits per heavy atom. The largest absolute Gasteiger partial charge is 0.489 e. The Morgan fingerprint density at radius 1 is 1.48 bits per heavy atom. The minimum atomic E-state index is -1.03. The van der Waals surface area contributed by atoms with E-state index in [0.29, 0.717) is 16.0 Å². The number of benzene rings is 1. The molecule has 0 saturated carbocycles. The molecular weight excluding hydrogens is 336 g/mol. The van der Waals surface area contributed by atoms with Crippen LogP contribution in [0, 0.1) is 11.3 Å². The summed E-state index contributed by atoms with van der Waals surface area (Å²) >= 11 is 3.47. The molecule has 0 bridgehead atoms. The standard InChI is InChI=1S/C15H19BrN2O3/c1-15(18,9-17)10-20-11-5-4-6-12(14(11)16)21-13-7-2-3-8-19-13/h4-6,13H,2-3,7-8,10,18H2,1H3/t13-,15-/m1/s1. The van der Waals surface area contributed by atoms with Gasteiger partial charge in [-0.05, 0) is 47.8 Å². The molecule has 2 N–H and O–H groups in total. The number of nitriles is 1. The Kier molecular flexibility index (Phi) is 5.45. The molecule has 1 aliphatic rings. The van der Waals surface area contributed by atoms with Crippen molar-refractivity contribution >= 4 is 15.9 Å². The number of hydrogen-bond acceptors (Lipinski definition) is 5. The number of nitrogens with zero attached hydrogens (tertiary/aromatic N) is 1. The Balaban J connectivity index is 2.03. The van der Waals surface area contributed by atoms with E-state index >= 15 is 0 Å². The predicted octanol–water partition coefficient (Wildman–Crippen LogP) is 2.97. The highest BCUT2D eigenvalue weighted by molar-refractivity contribution is 9.10. The van der Waals surface area contributed by atoms with Gasteiger partial charge in [0.1, 0.15) is 28.1 Å². The average molecular weight is 355 g/mol. The van der Waals surface area contributed by atoms with Gasteiger partial charge in [-0.2, -0.15) is 5.26 Å². The van der Waals surface area contributed by atoms with E-state index in [4.69, 9.17) is 25.2 Å². The van der Waals surface area contributed by atoms with Gasteiger partial charge in [0.05, 0.1) is 12.7 Å². The minimum Gasteiger partial charge on any atom is -0.489 e. The van der Waals surface area contributed by atoms with Crippen molar-refractivity contribution in [1.29, 1.82) is 5.26 Å². The van der Waals surface area contributed by atoms with Crippen molar-refractivity contribution in [3.8, 4) is 17.6 Å². The fraction of sp³-hybridized carbons (Fsp3) is 0.533. The molecule has 21 heavy (non-hydrogen) atoms. The summed E-state index contributed by atoms with van der Waals surface area (Å²) in [6.07, 6.45) is 2.84. The van der Waals surface area contributed by atoms with E-state index in [1.807, 2.05) is 18.2 Å². The highest BCUT2D eigenvalue weighted by atomic mass is 79.9. The maximum Gasteiger partial charge on any atom is 0.199 e. The molecule has 1 aromatic rings. The van der Waals surface area contributed by atoms with Crippen LogP contribution in [0.1, 0.15) is 26.2 Å². The van der Waals surface area contributed by atoms with Crippen LogP contribution in [0.3, 0.4) is 0 Å². The van der Waals surface area contributed by atoms with E-state index in [1.54, 1.807) is 13.0 Å². The molecule has 0 spiro atoms. The predicted molar refractivity (Wildman–Crippen MR) is 82.1 cm³/mol. The lowest BCUT2D eigenvalue weighted by molar-refractivity contribution is -0.106. The third-order valence-corrected chi connectivity index (χ3v) is 3.89. The molecule has 1 aromatic carbocycles. The molecular formula is C15H19BrN2O3. The Morgan fingerprint density at radius 3 is 2.90 bits per heavy atom. The zero-order valence-corrected chi connectivity index (χ0v) is 13.6. The summed E-state index contributed by atoms with van der Waals surface area (Å²) in [6, 6.07) is 7.48. The van der Waals surface area contributed by atoms with E-state index in [2.05, 4.69) is 15.9 Å². The van der Waals surface area contributed by atoms with E-state index in [1.165, 1.54) is 0 Å². The molecule has 5 nitrogen and oxygen atoms in total. The second-order valence-electron chi connectivity index (χ2n) is 5.30. The van der Waals surface area contributed by atoms with Crippen molar-refractivity contribution in [3.63, 3.8) is 0 Å². The smallest absolute Gasteiger partial charge is 0.199 e. The van der Waals surface area contributed by atoms with E-state index in [0.717, 1.165) is 25.9 Å². The summed E-state index contributed by atoms with van der Waals surface area (Å²) in [6.45, 7) is 2.45. The van der Waals surface area contributed by atoms with E-state index < -0.39 is 5.54 Å². The van der Waals surface area contributed by atoms with Gasteiger partial charge in [-0.15, -0.1) is 0 Å². The van der Waals surface area contributed by atoms with Crippen LogP contribution in [0.2, 0.25) is 0 Å². The lowest BCUT2D eigenvalue weighted by Gasteiger charge is -2.24. The van der Waals surface area contributed by atoms with Crippen LogP contribution in [0.15, 0.2) is 22.7 Å². The van der Waals surface area contributed by atoms with E-state index in [9.17, 15) is 0 Å². The van der Waals surface area contributed by atoms with Crippen LogP contribution >= 0.6 is 15.9 Å². The number of hydrogen-bond donors (Lipinski definition) is 1. The van der Waals surface area contributed by atoms with Crippen molar-refractivity contribution in [3.05, 3.63) is 22.7 Å². The number of halogens is 1. The normalized spacial score (nSPS) is 21.1. The zero-order valence-electron chi connectivity index (χ0n) is 12.0. The lowest BCUT2D eigenvalue weighted by atomic mass is 10.1. The molecule has 114 valence electrons. The molecule has 0 amide bonds. The van der Waals surface area contributed by atoms with Crippen LogP contribution in [0.25, 0.3) is 0 Å². The second-order valence-corrected chi connectivity index (χ2v) is 6.09. The zero-order chi connectivity index (χ0) is 15.3. The van der Waals surface area contributed by atoms with Gasteiger partial charge in [0, 0.05) is 6.42 Å². The monoisotopic (exact) mass is 354 g/mol. The third-order valence-electron chi connectivity index (χ3n) is 3.11. The summed E-state index contributed by atoms with van der Waals surface area (Å²) < 4.78 is 17.7. The number of rotatable bonds is 5. The third kappa shape index (κ3) is 4.60. The van der Waals surface area contributed by atoms with Crippen molar-refractivity contribution in [1.82, 2.24) is 0 Å². The highest BCUT2D eigenvalue weighted by Gasteiger charge is 2.21. The summed E-state index contributed by atoms with van der Waals surface area (Å²) in [5, 5.41) is 8.90. The molecule has 1 fully saturated rings. The van der Waals surface area contributed by atoms with Crippen molar-refractivity contribution in [2.24, 2.45) is 5.73 Å². The van der Waals surface area contributed by atoms with Crippen LogP contribution in [0.5, 0.6) is 11.5 Å². The van der Waals surface area contributed by atoms with Gasteiger partial charge in [0.25, 0.3) is 0 Å². The van der Waals surface area contributed by atoms with Crippen LogP contribution in [-0.4, -0.2) is 25.0 Å². The molecule has 0 aromatic heterocycles. The Hall–Kier alpha value is -1.29. The number of nitrogens with two attached hydrogens (primary N) is 1. The molecule has 1 aliphatic heterocycles. The van der Waals surface area contributed by atoms with Gasteiger partial charge < -0.3 is 19.9 Å². The van der Waals surface area contributed by atoms with Crippen molar-refractivity contribution in [2.75, 3.05) is 13.2 Å². The Bertz CT molecular complexity index is 522. The highest BCUT2D eigenvalue weighted by Crippen LogP contribution is 2.35. The topological polar surface area (TPSA) is 77.5 Å². The first-order chi connectivity index (χ1) is 10.0. The summed E-state index contributed by atoms with van der Waals surface area (Å²) in [4.78, 5) is 0. The van der Waals surface area contributed by atoms with Gasteiger partial charge in [0.2, 0.25) is 0 Å². The van der Waals surface area contributed by atoms with Crippen molar-refractivity contribution < 1.29 is 14.2 Å². The summed E-state index contributed by atoms with van der Waals surface area (Å²) in [5.41, 5.74) is 4.72. The first-order valence-electron chi connectivity index (χ1n) is 6.91. The summed E-state index contributed by atoms with van der Waals surface area (Å²) in [7, 11) is 0. The lowest BCUT2D eigenvalue weighted by Crippen LogP contribution is -2.40. The van der Waals surface area contributed by atoms with E-state index in [-0.39, 0.29) is 12.9 Å². The fourth-order valence-corrected chi connectivity index (χ4v) is 2.37. The molecule has 0 aliphatic carbocycles. The molecule has 0 unspecified atom stereocenters. The minimum absolute atomic E-state index is 0.103. The van der Waals surface area contributed by atoms with Crippen LogP contribution in [0.4, 0.5) is 0 Å². The van der Waals surface area contributed by atoms with Gasteiger partial charge in [-0.3, -0.25) is 0 Å². The van der Waals surface area contributed by atoms with Gasteiger partial charge >= 0.3 is 0 Å². The fourth-order valence-electron chi connectivity index (χ4n) is 1.90. The second kappa shape index (κ2) is 7.12. The molecule has 1 heterocycles. The summed E-state index contributed by atoms with van der Waals surface area (Å²) in [5.74, 6) is 1.25. The molecule has 0 radical (unpaired) electrons. The molecule has 2 rings (SSSR count). The Labute approximate surface area is 133 Å². The first kappa shape index (κ1) is 16.1. The molecule has 1 saturated heterocycles. The first-order valence-corrected chi connectivity index (χ1v) is 7.71. The molecule has 2 atom stereocenters. The van der Waals surface area contributed by atoms with Crippen LogP contribution in [-0.2, 0) is 4.74 Å². The average Bonchev–Trinajstić information content (AvgIpc) is 2.49. The van der Waals surface area contributed by atoms with Gasteiger partial charge in [-0.25, -0.2) is 0 Å². The van der Waals surface area contributed by atoms with Gasteiger partial charge in [-0.1, -0.05) is 6.07 Å². The maximum atomic E-state index is 8.90. The number of ether oxygens (including phenoxy) is 3. The molecule has 6 heteroatoms.